The number of hydrogen-bond donors (Lipinski definition) is 1. The average molecular weight is 332 g/mol. The maximum Gasteiger partial charge on any atom is 0.246 e. The van der Waals surface area contributed by atoms with E-state index in [9.17, 15) is 4.79 Å². The molecule has 0 fully saturated rings. The highest BCUT2D eigenvalue weighted by atomic mass is 32.1. The van der Waals surface area contributed by atoms with E-state index in [0.717, 1.165) is 41.3 Å². The van der Waals surface area contributed by atoms with Crippen LogP contribution in [0.3, 0.4) is 0 Å². The number of methoxy groups -OCH3 is 2. The van der Waals surface area contributed by atoms with Gasteiger partial charge in [0.1, 0.15) is 17.4 Å². The van der Waals surface area contributed by atoms with Crippen molar-refractivity contribution in [2.45, 2.75) is 25.3 Å². The molecule has 1 aromatic heterocycles. The summed E-state index contributed by atoms with van der Waals surface area (Å²) in [6.07, 6.45) is 2.96. The fourth-order valence-electron chi connectivity index (χ4n) is 2.78. The number of nitrogens with one attached hydrogen (secondary N) is 1. The van der Waals surface area contributed by atoms with Gasteiger partial charge in [0, 0.05) is 12.7 Å². The van der Waals surface area contributed by atoms with Crippen molar-refractivity contribution in [1.82, 2.24) is 10.3 Å². The molecule has 23 heavy (non-hydrogen) atoms. The minimum absolute atomic E-state index is 0.0471. The van der Waals surface area contributed by atoms with E-state index < -0.39 is 0 Å². The number of amides is 1. The van der Waals surface area contributed by atoms with Crippen molar-refractivity contribution in [3.63, 3.8) is 0 Å². The lowest BCUT2D eigenvalue weighted by atomic mass is 9.98. The molecule has 0 aliphatic heterocycles. The fraction of sp³-hybridized carbons (Fsp3) is 0.412. The number of rotatable bonds is 5. The Morgan fingerprint density at radius 3 is 2.83 bits per heavy atom. The Kier molecular flexibility index (Phi) is 4.93. The maximum atomic E-state index is 11.8. The van der Waals surface area contributed by atoms with Gasteiger partial charge in [-0.2, -0.15) is 0 Å². The van der Waals surface area contributed by atoms with E-state index in [0.29, 0.717) is 0 Å². The van der Waals surface area contributed by atoms with E-state index in [1.165, 1.54) is 12.0 Å². The molecule has 6 heteroatoms. The van der Waals surface area contributed by atoms with Crippen LogP contribution in [-0.2, 0) is 16.0 Å². The van der Waals surface area contributed by atoms with E-state index in [-0.39, 0.29) is 18.6 Å². The number of aryl methyl sites for hydroxylation is 1. The molecule has 122 valence electrons. The SMILES string of the molecule is COCC(=O)N[C@H]1CCCc2nc(-c3ccc(OC)cc3)sc21. The first-order chi connectivity index (χ1) is 11.2. The third-order valence-corrected chi connectivity index (χ3v) is 5.16. The van der Waals surface area contributed by atoms with Crippen LogP contribution in [-0.4, -0.2) is 31.7 Å². The summed E-state index contributed by atoms with van der Waals surface area (Å²) in [5.74, 6) is 0.754. The molecular weight excluding hydrogens is 312 g/mol. The normalized spacial score (nSPS) is 16.7. The zero-order chi connectivity index (χ0) is 16.2. The Morgan fingerprint density at radius 2 is 2.13 bits per heavy atom. The van der Waals surface area contributed by atoms with E-state index in [4.69, 9.17) is 14.5 Å². The molecular formula is C17H20N2O3S. The molecule has 2 aromatic rings. The number of hydrogen-bond acceptors (Lipinski definition) is 5. The van der Waals surface area contributed by atoms with Gasteiger partial charge in [-0.25, -0.2) is 4.98 Å². The second kappa shape index (κ2) is 7.10. The lowest BCUT2D eigenvalue weighted by Gasteiger charge is -2.22. The number of nitrogens with zero attached hydrogens (tertiary/aromatic N) is 1. The number of carbonyl (C=O) groups excluding carboxylic acids is 1. The van der Waals surface area contributed by atoms with Crippen molar-refractivity contribution < 1.29 is 14.3 Å². The van der Waals surface area contributed by atoms with Gasteiger partial charge < -0.3 is 14.8 Å². The van der Waals surface area contributed by atoms with Crippen LogP contribution in [0.4, 0.5) is 0 Å². The monoisotopic (exact) mass is 332 g/mol. The number of fused-ring (bicyclic) bond motifs is 1. The predicted octanol–water partition coefficient (Wildman–Crippen LogP) is 2.96. The first kappa shape index (κ1) is 16.0. The Bertz CT molecular complexity index is 682. The van der Waals surface area contributed by atoms with Crippen molar-refractivity contribution in [3.8, 4) is 16.3 Å². The third-order valence-electron chi connectivity index (χ3n) is 3.90. The van der Waals surface area contributed by atoms with Crippen LogP contribution in [0, 0.1) is 0 Å². The van der Waals surface area contributed by atoms with Gasteiger partial charge in [-0.05, 0) is 43.5 Å². The number of aromatic nitrogens is 1. The summed E-state index contributed by atoms with van der Waals surface area (Å²) in [6.45, 7) is 0.0932. The smallest absolute Gasteiger partial charge is 0.246 e. The highest BCUT2D eigenvalue weighted by Gasteiger charge is 2.26. The standard InChI is InChI=1S/C17H20N2O3S/c1-21-10-15(20)18-13-4-3-5-14-16(13)23-17(19-14)11-6-8-12(22-2)9-7-11/h6-9,13H,3-5,10H2,1-2H3,(H,18,20)/t13-/m0/s1. The van der Waals surface area contributed by atoms with Crippen LogP contribution < -0.4 is 10.1 Å². The summed E-state index contributed by atoms with van der Waals surface area (Å²) >= 11 is 1.66. The van der Waals surface area contributed by atoms with Gasteiger partial charge in [-0.1, -0.05) is 0 Å². The van der Waals surface area contributed by atoms with E-state index in [1.54, 1.807) is 18.4 Å². The summed E-state index contributed by atoms with van der Waals surface area (Å²) < 4.78 is 10.1. The molecule has 0 spiro atoms. The molecule has 1 aromatic carbocycles. The highest BCUT2D eigenvalue weighted by molar-refractivity contribution is 7.15. The molecule has 0 unspecified atom stereocenters. The number of thiazole rings is 1. The lowest BCUT2D eigenvalue weighted by Crippen LogP contribution is -2.32. The number of benzene rings is 1. The minimum atomic E-state index is -0.0789. The molecule has 1 atom stereocenters. The van der Waals surface area contributed by atoms with Crippen molar-refractivity contribution in [3.05, 3.63) is 34.8 Å². The molecule has 1 heterocycles. The zero-order valence-electron chi connectivity index (χ0n) is 13.3. The van der Waals surface area contributed by atoms with Crippen molar-refractivity contribution in [1.29, 1.82) is 0 Å². The molecule has 3 rings (SSSR count). The van der Waals surface area contributed by atoms with Gasteiger partial charge in [-0.3, -0.25) is 4.79 Å². The van der Waals surface area contributed by atoms with Crippen molar-refractivity contribution in [2.75, 3.05) is 20.8 Å². The number of ether oxygens (including phenoxy) is 2. The molecule has 5 nitrogen and oxygen atoms in total. The van der Waals surface area contributed by atoms with E-state index >= 15 is 0 Å². The van der Waals surface area contributed by atoms with Crippen LogP contribution in [0.5, 0.6) is 5.75 Å². The van der Waals surface area contributed by atoms with Crippen LogP contribution in [0.2, 0.25) is 0 Å². The molecule has 0 bridgehead atoms. The minimum Gasteiger partial charge on any atom is -0.497 e. The lowest BCUT2D eigenvalue weighted by molar-refractivity contribution is -0.125. The molecule has 1 aliphatic rings. The second-order valence-corrected chi connectivity index (χ2v) is 6.53. The summed E-state index contributed by atoms with van der Waals surface area (Å²) in [4.78, 5) is 17.8. The Labute approximate surface area is 139 Å². The largest absolute Gasteiger partial charge is 0.497 e. The third kappa shape index (κ3) is 3.54. The quantitative estimate of drug-likeness (QED) is 0.914. The van der Waals surface area contributed by atoms with Crippen molar-refractivity contribution >= 4 is 17.2 Å². The molecule has 1 amide bonds. The van der Waals surface area contributed by atoms with Gasteiger partial charge in [-0.15, -0.1) is 11.3 Å². The Hall–Kier alpha value is -1.92. The van der Waals surface area contributed by atoms with E-state index in [2.05, 4.69) is 5.32 Å². The van der Waals surface area contributed by atoms with E-state index in [1.807, 2.05) is 24.3 Å². The summed E-state index contributed by atoms with van der Waals surface area (Å²) in [6, 6.07) is 7.95. The van der Waals surface area contributed by atoms with Crippen molar-refractivity contribution in [2.24, 2.45) is 0 Å². The molecule has 0 radical (unpaired) electrons. The second-order valence-electron chi connectivity index (χ2n) is 5.50. The summed E-state index contributed by atoms with van der Waals surface area (Å²) in [7, 11) is 3.19. The fourth-order valence-corrected chi connectivity index (χ4v) is 3.98. The predicted molar refractivity (Wildman–Crippen MR) is 89.8 cm³/mol. The first-order valence-electron chi connectivity index (χ1n) is 7.63. The maximum absolute atomic E-state index is 11.8. The van der Waals surface area contributed by atoms with Crippen LogP contribution in [0.25, 0.3) is 10.6 Å². The van der Waals surface area contributed by atoms with Gasteiger partial charge in [0.15, 0.2) is 0 Å². The Morgan fingerprint density at radius 1 is 1.35 bits per heavy atom. The summed E-state index contributed by atoms with van der Waals surface area (Å²) in [5.41, 5.74) is 2.18. The van der Waals surface area contributed by atoms with Gasteiger partial charge in [0.05, 0.1) is 23.7 Å². The number of carbonyl (C=O) groups is 1. The van der Waals surface area contributed by atoms with Gasteiger partial charge in [0.25, 0.3) is 0 Å². The average Bonchev–Trinajstić information content (AvgIpc) is 3.00. The van der Waals surface area contributed by atoms with Crippen LogP contribution in [0.1, 0.15) is 29.5 Å². The molecule has 0 saturated carbocycles. The summed E-state index contributed by atoms with van der Waals surface area (Å²) in [5, 5.41) is 4.04. The zero-order valence-corrected chi connectivity index (χ0v) is 14.1. The first-order valence-corrected chi connectivity index (χ1v) is 8.45. The molecule has 0 saturated heterocycles. The molecule has 1 aliphatic carbocycles. The van der Waals surface area contributed by atoms with Crippen LogP contribution in [0.15, 0.2) is 24.3 Å². The van der Waals surface area contributed by atoms with Crippen LogP contribution >= 0.6 is 11.3 Å². The topological polar surface area (TPSA) is 60.5 Å². The Balaban J connectivity index is 1.83. The van der Waals surface area contributed by atoms with Gasteiger partial charge in [0.2, 0.25) is 5.91 Å². The van der Waals surface area contributed by atoms with Gasteiger partial charge >= 0.3 is 0 Å². The molecule has 1 N–H and O–H groups in total. The highest BCUT2D eigenvalue weighted by Crippen LogP contribution is 2.38.